The second kappa shape index (κ2) is 8.48. The van der Waals surface area contributed by atoms with Gasteiger partial charge in [-0.15, -0.1) is 0 Å². The molecule has 0 aliphatic heterocycles. The van der Waals surface area contributed by atoms with Gasteiger partial charge in [-0.3, -0.25) is 10.1 Å². The molecule has 0 aromatic heterocycles. The maximum Gasteiger partial charge on any atom is 0.344 e. The van der Waals surface area contributed by atoms with Gasteiger partial charge < -0.3 is 14.8 Å². The van der Waals surface area contributed by atoms with Crippen molar-refractivity contribution in [3.63, 3.8) is 0 Å². The van der Waals surface area contributed by atoms with Crippen molar-refractivity contribution in [3.05, 3.63) is 27.7 Å². The molecule has 0 atom stereocenters. The molecule has 1 aromatic rings. The van der Waals surface area contributed by atoms with E-state index in [-0.39, 0.29) is 6.61 Å². The zero-order valence-corrected chi connectivity index (χ0v) is 13.3. The first-order valence-electron chi connectivity index (χ1n) is 5.67. The van der Waals surface area contributed by atoms with Crippen LogP contribution in [0.4, 0.5) is 4.79 Å². The molecule has 0 saturated carbocycles. The fourth-order valence-electron chi connectivity index (χ4n) is 1.14. The maximum atomic E-state index is 11.4. The number of urea groups is 1. The summed E-state index contributed by atoms with van der Waals surface area (Å²) in [6.45, 7) is -0.953. The molecule has 9 heteroatoms. The molecule has 1 aromatic carbocycles. The highest BCUT2D eigenvalue weighted by Crippen LogP contribution is 2.27. The van der Waals surface area contributed by atoms with E-state index < -0.39 is 24.5 Å². The molecule has 3 amide bonds. The van der Waals surface area contributed by atoms with Crippen LogP contribution in [0.1, 0.15) is 0 Å². The van der Waals surface area contributed by atoms with Gasteiger partial charge in [-0.1, -0.05) is 11.6 Å². The topological polar surface area (TPSA) is 93.7 Å². The van der Waals surface area contributed by atoms with Gasteiger partial charge in [0, 0.05) is 12.1 Å². The minimum Gasteiger partial charge on any atom is -0.481 e. The molecule has 0 spiro atoms. The normalized spacial score (nSPS) is 9.67. The van der Waals surface area contributed by atoms with Crippen LogP contribution >= 0.6 is 27.5 Å². The number of imide groups is 1. The number of benzene rings is 1. The Morgan fingerprint density at radius 1 is 1.29 bits per heavy atom. The molecule has 0 aliphatic rings. The smallest absolute Gasteiger partial charge is 0.344 e. The van der Waals surface area contributed by atoms with Gasteiger partial charge in [-0.05, 0) is 34.1 Å². The van der Waals surface area contributed by atoms with E-state index in [1.54, 1.807) is 18.2 Å². The van der Waals surface area contributed by atoms with Crippen LogP contribution in [0.25, 0.3) is 0 Å². The third-order valence-corrected chi connectivity index (χ3v) is 2.94. The number of carbonyl (C=O) groups excluding carboxylic acids is 3. The molecule has 7 nitrogen and oxygen atoms in total. The molecule has 114 valence electrons. The second-order valence-corrected chi connectivity index (χ2v) is 4.94. The third-order valence-electron chi connectivity index (χ3n) is 2.08. The second-order valence-electron chi connectivity index (χ2n) is 3.65. The standard InChI is InChI=1S/C12H12BrClN2O5/c1-15-12(19)16-10(17)5-21-11(18)6-20-9-3-2-7(14)4-8(9)13/h2-4H,5-6H2,1H3,(H2,15,16,17,19). The van der Waals surface area contributed by atoms with E-state index in [0.717, 1.165) is 0 Å². The molecule has 21 heavy (non-hydrogen) atoms. The lowest BCUT2D eigenvalue weighted by Crippen LogP contribution is -2.40. The molecule has 0 bridgehead atoms. The van der Waals surface area contributed by atoms with E-state index in [2.05, 4.69) is 26.0 Å². The Morgan fingerprint density at radius 3 is 2.62 bits per heavy atom. The number of esters is 1. The summed E-state index contributed by atoms with van der Waals surface area (Å²) in [5.41, 5.74) is 0. The lowest BCUT2D eigenvalue weighted by molar-refractivity contribution is -0.150. The quantitative estimate of drug-likeness (QED) is 0.756. The number of ether oxygens (including phenoxy) is 2. The van der Waals surface area contributed by atoms with Crippen LogP contribution in [-0.4, -0.2) is 38.2 Å². The van der Waals surface area contributed by atoms with E-state index in [1.165, 1.54) is 7.05 Å². The first-order chi connectivity index (χ1) is 9.92. The van der Waals surface area contributed by atoms with Crippen molar-refractivity contribution in [2.45, 2.75) is 0 Å². The fraction of sp³-hybridized carbons (Fsp3) is 0.250. The van der Waals surface area contributed by atoms with Crippen LogP contribution < -0.4 is 15.4 Å². The Labute approximate surface area is 134 Å². The van der Waals surface area contributed by atoms with E-state index >= 15 is 0 Å². The summed E-state index contributed by atoms with van der Waals surface area (Å²) in [4.78, 5) is 33.4. The molecule has 0 radical (unpaired) electrons. The van der Waals surface area contributed by atoms with Crippen molar-refractivity contribution in [1.82, 2.24) is 10.6 Å². The van der Waals surface area contributed by atoms with Gasteiger partial charge in [0.1, 0.15) is 5.75 Å². The Balaban J connectivity index is 2.34. The van der Waals surface area contributed by atoms with Crippen LogP contribution in [-0.2, 0) is 14.3 Å². The summed E-state index contributed by atoms with van der Waals surface area (Å²) < 4.78 is 10.4. The maximum absolute atomic E-state index is 11.4. The van der Waals surface area contributed by atoms with Gasteiger partial charge >= 0.3 is 12.0 Å². The van der Waals surface area contributed by atoms with Gasteiger partial charge in [0.25, 0.3) is 5.91 Å². The largest absolute Gasteiger partial charge is 0.481 e. The van der Waals surface area contributed by atoms with E-state index in [1.807, 2.05) is 5.32 Å². The summed E-state index contributed by atoms with van der Waals surface area (Å²) in [6.07, 6.45) is 0. The SMILES string of the molecule is CNC(=O)NC(=O)COC(=O)COc1ccc(Cl)cc1Br. The van der Waals surface area contributed by atoms with Crippen molar-refractivity contribution in [2.24, 2.45) is 0 Å². The third kappa shape index (κ3) is 6.46. The summed E-state index contributed by atoms with van der Waals surface area (Å²) >= 11 is 8.99. The number of rotatable bonds is 5. The minimum absolute atomic E-state index is 0.381. The number of nitrogens with one attached hydrogen (secondary N) is 2. The first kappa shape index (κ1) is 17.3. The van der Waals surface area contributed by atoms with Crippen LogP contribution in [0.2, 0.25) is 5.02 Å². The highest BCUT2D eigenvalue weighted by Gasteiger charge is 2.11. The van der Waals surface area contributed by atoms with E-state index in [4.69, 9.17) is 16.3 Å². The molecule has 0 heterocycles. The van der Waals surface area contributed by atoms with Gasteiger partial charge in [0.05, 0.1) is 4.47 Å². The van der Waals surface area contributed by atoms with Crippen molar-refractivity contribution in [3.8, 4) is 5.75 Å². The molecule has 0 unspecified atom stereocenters. The number of hydrogen-bond donors (Lipinski definition) is 2. The zero-order valence-electron chi connectivity index (χ0n) is 10.9. The summed E-state index contributed by atoms with van der Waals surface area (Å²) in [6, 6.07) is 4.11. The van der Waals surface area contributed by atoms with E-state index in [9.17, 15) is 14.4 Å². The summed E-state index contributed by atoms with van der Waals surface area (Å²) in [5, 5.41) is 4.65. The van der Waals surface area contributed by atoms with Gasteiger partial charge in [-0.25, -0.2) is 9.59 Å². The molecule has 0 saturated heterocycles. The average molecular weight is 380 g/mol. The summed E-state index contributed by atoms with van der Waals surface area (Å²) in [7, 11) is 1.35. The number of amides is 3. The minimum atomic E-state index is -0.746. The molecule has 0 aliphatic carbocycles. The van der Waals surface area contributed by atoms with Crippen molar-refractivity contribution in [2.75, 3.05) is 20.3 Å². The lowest BCUT2D eigenvalue weighted by atomic mass is 10.3. The Hall–Kier alpha value is -1.80. The van der Waals surface area contributed by atoms with Gasteiger partial charge in [0.15, 0.2) is 13.2 Å². The van der Waals surface area contributed by atoms with Crippen molar-refractivity contribution >= 4 is 45.4 Å². The van der Waals surface area contributed by atoms with Crippen LogP contribution in [0.5, 0.6) is 5.75 Å². The predicted molar refractivity (Wildman–Crippen MR) is 78.2 cm³/mol. The van der Waals surface area contributed by atoms with Crippen LogP contribution in [0, 0.1) is 0 Å². The monoisotopic (exact) mass is 378 g/mol. The highest BCUT2D eigenvalue weighted by molar-refractivity contribution is 9.10. The van der Waals surface area contributed by atoms with E-state index in [0.29, 0.717) is 15.2 Å². The fourth-order valence-corrected chi connectivity index (χ4v) is 1.94. The van der Waals surface area contributed by atoms with Crippen LogP contribution in [0.15, 0.2) is 22.7 Å². The number of carbonyl (C=O) groups is 3. The Bertz CT molecular complexity index is 552. The van der Waals surface area contributed by atoms with Crippen LogP contribution in [0.3, 0.4) is 0 Å². The highest BCUT2D eigenvalue weighted by atomic mass is 79.9. The summed E-state index contributed by atoms with van der Waals surface area (Å²) in [5.74, 6) is -1.08. The molecular weight excluding hydrogens is 367 g/mol. The molecule has 1 rings (SSSR count). The first-order valence-corrected chi connectivity index (χ1v) is 6.84. The van der Waals surface area contributed by atoms with Crippen molar-refractivity contribution < 1.29 is 23.9 Å². The lowest BCUT2D eigenvalue weighted by Gasteiger charge is -2.08. The zero-order chi connectivity index (χ0) is 15.8. The molecule has 2 N–H and O–H groups in total. The van der Waals surface area contributed by atoms with Gasteiger partial charge in [0.2, 0.25) is 0 Å². The number of halogens is 2. The number of hydrogen-bond acceptors (Lipinski definition) is 5. The Kier molecular flexibility index (Phi) is 6.97. The van der Waals surface area contributed by atoms with Gasteiger partial charge in [-0.2, -0.15) is 0 Å². The Morgan fingerprint density at radius 2 is 2.00 bits per heavy atom. The van der Waals surface area contributed by atoms with Crippen molar-refractivity contribution in [1.29, 1.82) is 0 Å². The predicted octanol–water partition coefficient (Wildman–Crippen LogP) is 1.48. The average Bonchev–Trinajstić information content (AvgIpc) is 2.44. The molecular formula is C12H12BrClN2O5. The molecule has 0 fully saturated rings.